The lowest BCUT2D eigenvalue weighted by Crippen LogP contribution is -2.71. The van der Waals surface area contributed by atoms with Gasteiger partial charge in [0.25, 0.3) is 16.6 Å². The molecule has 14 heteroatoms. The number of aromatic nitrogens is 2. The number of nitrogens with two attached hydrogens (primary N) is 1. The molecule has 0 saturated carbocycles. The summed E-state index contributed by atoms with van der Waals surface area (Å²) in [6, 6.07) is 5.13. The van der Waals surface area contributed by atoms with Crippen LogP contribution in [0.3, 0.4) is 0 Å². The van der Waals surface area contributed by atoms with Crippen LogP contribution in [0.2, 0.25) is 0 Å². The zero-order valence-electron chi connectivity index (χ0n) is 19.4. The maximum atomic E-state index is 13.0. The first-order valence-corrected chi connectivity index (χ1v) is 13.8. The van der Waals surface area contributed by atoms with E-state index >= 15 is 0 Å². The number of nitrogens with zero attached hydrogens (tertiary/aromatic N) is 4. The molecule has 37 heavy (non-hydrogen) atoms. The number of fused-ring (bicyclic) bond motifs is 2. The number of carboxylic acids is 1. The maximum Gasteiger partial charge on any atom is 0.352 e. The van der Waals surface area contributed by atoms with Gasteiger partial charge in [-0.05, 0) is 29.2 Å². The Morgan fingerprint density at radius 1 is 1.41 bits per heavy atom. The normalized spacial score (nSPS) is 19.8. The van der Waals surface area contributed by atoms with Gasteiger partial charge < -0.3 is 21.0 Å². The van der Waals surface area contributed by atoms with Gasteiger partial charge in [-0.1, -0.05) is 22.6 Å². The number of nitrogens with one attached hydrogen (secondary N) is 1. The van der Waals surface area contributed by atoms with Crippen LogP contribution in [-0.2, 0) is 25.8 Å². The molecule has 0 bridgehead atoms. The van der Waals surface area contributed by atoms with Crippen molar-refractivity contribution in [2.24, 2.45) is 5.16 Å². The van der Waals surface area contributed by atoms with Crippen molar-refractivity contribution in [2.75, 3.05) is 18.6 Å². The number of nitrogen functional groups attached to an aromatic ring is 1. The molecule has 5 rings (SSSR count). The fourth-order valence-corrected chi connectivity index (χ4v) is 6.87. The van der Waals surface area contributed by atoms with Crippen molar-refractivity contribution in [1.29, 1.82) is 0 Å². The third kappa shape index (κ3) is 4.70. The smallest absolute Gasteiger partial charge is 0.352 e. The molecule has 0 aliphatic carbocycles. The van der Waals surface area contributed by atoms with Gasteiger partial charge in [-0.2, -0.15) is 4.57 Å². The molecular weight excluding hydrogens is 536 g/mol. The second kappa shape index (κ2) is 10.3. The molecule has 4 N–H and O–H groups in total. The van der Waals surface area contributed by atoms with Crippen molar-refractivity contribution in [2.45, 2.75) is 18.0 Å². The van der Waals surface area contributed by atoms with Crippen LogP contribution in [0.1, 0.15) is 5.69 Å². The summed E-state index contributed by atoms with van der Waals surface area (Å²) < 4.78 is 2.08. The summed E-state index contributed by atoms with van der Waals surface area (Å²) in [5.41, 5.74) is 6.20. The molecule has 0 aromatic carbocycles. The van der Waals surface area contributed by atoms with Gasteiger partial charge in [0.05, 0.1) is 5.39 Å². The van der Waals surface area contributed by atoms with Crippen molar-refractivity contribution >= 4 is 73.3 Å². The number of anilines is 1. The number of hydrogen-bond donors (Lipinski definition) is 3. The highest BCUT2D eigenvalue weighted by molar-refractivity contribution is 8.00. The van der Waals surface area contributed by atoms with E-state index in [1.165, 1.54) is 23.8 Å². The number of rotatable bonds is 8. The molecule has 0 unspecified atom stereocenters. The third-order valence-corrected chi connectivity index (χ3v) is 8.69. The molecule has 0 spiro atoms. The second-order valence-electron chi connectivity index (χ2n) is 7.98. The Bertz CT molecular complexity index is 1490. The first-order valence-electron chi connectivity index (χ1n) is 11.0. The van der Waals surface area contributed by atoms with E-state index in [0.717, 1.165) is 21.6 Å². The summed E-state index contributed by atoms with van der Waals surface area (Å²) in [5.74, 6) is -2.01. The summed E-state index contributed by atoms with van der Waals surface area (Å²) in [7, 11) is 1.29. The standard InChI is InChI=1S/C23H20N6O5S3/c1-34-27-15(14-11-37-23(24)25-14)18(30)26-16-19(31)29-17(22(32)33)13(10-36-21(16)29)5-3-8-28-7-2-4-12-6-9-35-20(12)28/h2-7,9,11,16,21H,8,10H2,1H3,(H3-,24,25,26,30,32,33)/p+1/t16-,21-/m1/s1. The molecule has 2 atom stereocenters. The summed E-state index contributed by atoms with van der Waals surface area (Å²) in [5, 5.41) is 20.7. The first-order chi connectivity index (χ1) is 17.9. The molecule has 5 heterocycles. The minimum absolute atomic E-state index is 0.0760. The van der Waals surface area contributed by atoms with Crippen LogP contribution in [0.15, 0.2) is 63.7 Å². The van der Waals surface area contributed by atoms with E-state index in [1.54, 1.807) is 22.8 Å². The Balaban J connectivity index is 1.32. The molecule has 3 aromatic rings. The van der Waals surface area contributed by atoms with Crippen LogP contribution < -0.4 is 15.6 Å². The van der Waals surface area contributed by atoms with Crippen LogP contribution in [0, 0.1) is 0 Å². The number of carbonyl (C=O) groups is 3. The predicted octanol–water partition coefficient (Wildman–Crippen LogP) is 1.57. The molecule has 1 fully saturated rings. The van der Waals surface area contributed by atoms with Crippen LogP contribution in [0.5, 0.6) is 0 Å². The van der Waals surface area contributed by atoms with Crippen molar-refractivity contribution in [3.05, 3.63) is 64.3 Å². The van der Waals surface area contributed by atoms with Crippen molar-refractivity contribution in [1.82, 2.24) is 15.2 Å². The van der Waals surface area contributed by atoms with Gasteiger partial charge in [-0.15, -0.1) is 23.1 Å². The Morgan fingerprint density at radius 3 is 2.97 bits per heavy atom. The minimum atomic E-state index is -1.20. The van der Waals surface area contributed by atoms with Crippen LogP contribution in [-0.4, -0.2) is 62.8 Å². The lowest BCUT2D eigenvalue weighted by atomic mass is 10.0. The number of amides is 2. The van der Waals surface area contributed by atoms with Gasteiger partial charge in [0, 0.05) is 17.2 Å². The molecule has 2 aliphatic rings. The van der Waals surface area contributed by atoms with E-state index in [-0.39, 0.29) is 22.2 Å². The van der Waals surface area contributed by atoms with Gasteiger partial charge >= 0.3 is 5.97 Å². The number of carboxylic acid groups (broad SMARTS) is 1. The number of thioether (sulfide) groups is 1. The molecule has 2 amide bonds. The summed E-state index contributed by atoms with van der Waals surface area (Å²) in [6.07, 6.45) is 5.60. The second-order valence-corrected chi connectivity index (χ2v) is 10.9. The number of allylic oxidation sites excluding steroid dienone is 2. The van der Waals surface area contributed by atoms with Gasteiger partial charge in [0.15, 0.2) is 23.6 Å². The highest BCUT2D eigenvalue weighted by atomic mass is 32.2. The summed E-state index contributed by atoms with van der Waals surface area (Å²) in [4.78, 5) is 49.2. The zero-order chi connectivity index (χ0) is 26.1. The quantitative estimate of drug-likeness (QED) is 0.163. The maximum absolute atomic E-state index is 13.0. The summed E-state index contributed by atoms with van der Waals surface area (Å²) >= 11 is 4.15. The highest BCUT2D eigenvalue weighted by Gasteiger charge is 2.54. The number of thiazole rings is 1. The van der Waals surface area contributed by atoms with Gasteiger partial charge in [-0.3, -0.25) is 14.5 Å². The largest absolute Gasteiger partial charge is 0.477 e. The Hall–Kier alpha value is -3.75. The number of pyridine rings is 1. The summed E-state index contributed by atoms with van der Waals surface area (Å²) in [6.45, 7) is 0.553. The molecule has 190 valence electrons. The number of oxime groups is 1. The van der Waals surface area contributed by atoms with E-state index in [1.807, 2.05) is 35.9 Å². The number of aliphatic carboxylic acids is 1. The monoisotopic (exact) mass is 557 g/mol. The van der Waals surface area contributed by atoms with Crippen LogP contribution in [0.4, 0.5) is 5.13 Å². The van der Waals surface area contributed by atoms with E-state index in [0.29, 0.717) is 17.9 Å². The topological polar surface area (TPSA) is 151 Å². The Kier molecular flexibility index (Phi) is 6.95. The molecule has 3 aromatic heterocycles. The van der Waals surface area contributed by atoms with E-state index < -0.39 is 29.2 Å². The molecule has 0 radical (unpaired) electrons. The number of thiophene rings is 1. The highest BCUT2D eigenvalue weighted by Crippen LogP contribution is 2.40. The van der Waals surface area contributed by atoms with E-state index in [4.69, 9.17) is 10.6 Å². The molecule has 2 aliphatic heterocycles. The van der Waals surface area contributed by atoms with Crippen molar-refractivity contribution in [3.63, 3.8) is 0 Å². The van der Waals surface area contributed by atoms with Gasteiger partial charge in [-0.25, -0.2) is 9.78 Å². The Morgan fingerprint density at radius 2 is 2.24 bits per heavy atom. The van der Waals surface area contributed by atoms with Gasteiger partial charge in [0.1, 0.15) is 29.9 Å². The van der Waals surface area contributed by atoms with Gasteiger partial charge in [0.2, 0.25) is 0 Å². The van der Waals surface area contributed by atoms with Crippen molar-refractivity contribution in [3.8, 4) is 0 Å². The Labute approximate surface area is 222 Å². The average molecular weight is 558 g/mol. The van der Waals surface area contributed by atoms with E-state index in [9.17, 15) is 19.5 Å². The SMILES string of the molecule is CON=C(C(=O)N[C@@H]1C(=O)N2C(C(=O)O)=C(C=CC[n+]3cccc4ccsc43)CS[C@H]12)c1csc(N)n1. The fraction of sp³-hybridized carbons (Fsp3) is 0.217. The first kappa shape index (κ1) is 24.9. The minimum Gasteiger partial charge on any atom is -0.477 e. The van der Waals surface area contributed by atoms with E-state index in [2.05, 4.69) is 20.0 Å². The third-order valence-electron chi connectivity index (χ3n) is 5.75. The number of β-lactam (4-membered cyclic amide) rings is 1. The molecule has 1 saturated heterocycles. The average Bonchev–Trinajstić information content (AvgIpc) is 3.54. The zero-order valence-corrected chi connectivity index (χ0v) is 21.8. The molecular formula is C23H21N6O5S3+. The number of hydrogen-bond acceptors (Lipinski definition) is 10. The van der Waals surface area contributed by atoms with Crippen molar-refractivity contribution < 1.29 is 28.9 Å². The van der Waals surface area contributed by atoms with Crippen LogP contribution in [0.25, 0.3) is 10.2 Å². The molecule has 11 nitrogen and oxygen atoms in total. The lowest BCUT2D eigenvalue weighted by molar-refractivity contribution is -0.658. The van der Waals surface area contributed by atoms with Crippen LogP contribution >= 0.6 is 34.4 Å². The lowest BCUT2D eigenvalue weighted by Gasteiger charge is -2.49. The number of carbonyl (C=O) groups excluding carboxylic acids is 2. The predicted molar refractivity (Wildman–Crippen MR) is 141 cm³/mol. The fourth-order valence-electron chi connectivity index (χ4n) is 4.11.